The lowest BCUT2D eigenvalue weighted by Gasteiger charge is -2.35. The van der Waals surface area contributed by atoms with Crippen molar-refractivity contribution >= 4 is 115 Å². The van der Waals surface area contributed by atoms with E-state index in [2.05, 4.69) is 106 Å². The predicted octanol–water partition coefficient (Wildman–Crippen LogP) is 16.9. The van der Waals surface area contributed by atoms with Crippen LogP contribution in [0.5, 0.6) is 0 Å². The van der Waals surface area contributed by atoms with Gasteiger partial charge >= 0.3 is 0 Å². The highest BCUT2D eigenvalue weighted by Gasteiger charge is 2.25. The molecule has 0 aliphatic carbocycles. The number of likely N-dealkylation sites (N-methyl/N-ethyl adjacent to an activating group) is 2. The Labute approximate surface area is 540 Å². The Hall–Kier alpha value is -7.02. The van der Waals surface area contributed by atoms with Crippen LogP contribution >= 0.6 is 70.4 Å². The van der Waals surface area contributed by atoms with E-state index in [4.69, 9.17) is 68.6 Å². The summed E-state index contributed by atoms with van der Waals surface area (Å²) in [6, 6.07) is 55.7. The molecule has 452 valence electrons. The lowest BCUT2D eigenvalue weighted by molar-refractivity contribution is -0.385. The molecule has 0 amide bonds. The van der Waals surface area contributed by atoms with E-state index in [-0.39, 0.29) is 31.2 Å². The Morgan fingerprint density at radius 2 is 1.01 bits per heavy atom. The van der Waals surface area contributed by atoms with E-state index in [0.717, 1.165) is 129 Å². The van der Waals surface area contributed by atoms with Gasteiger partial charge in [0.15, 0.2) is 0 Å². The second-order valence-corrected chi connectivity index (χ2v) is 23.7. The number of benzene rings is 8. The Kier molecular flexibility index (Phi) is 25.5. The van der Waals surface area contributed by atoms with Gasteiger partial charge in [-0.3, -0.25) is 20.2 Å². The predicted molar refractivity (Wildman–Crippen MR) is 370 cm³/mol. The summed E-state index contributed by atoms with van der Waals surface area (Å²) in [5, 5.41) is 30.6. The van der Waals surface area contributed by atoms with Crippen LogP contribution in [0, 0.1) is 20.2 Å². The van der Waals surface area contributed by atoms with Crippen molar-refractivity contribution in [3.05, 3.63) is 272 Å². The van der Waals surface area contributed by atoms with Gasteiger partial charge in [0.05, 0.1) is 21.2 Å². The standard InChI is InChI=1S/C21H15ClN2O2S.C19H20ClN3.C14H10ClNS.C7H6ClNO2.C5H12N2.2CH4/c22-17-8-7-16-11-15-3-1-2-4-19(15)21(23-20(16)12-17)27-13-14-5-9-18(10-6-14)24(25)26;1-22-8-10-23(11-9-22)19-17-13-16(20)7-6-14(17)12-15-4-2-3-5-18(15)21-19;15-11-6-5-10-7-9-3-1-2-4-12(9)14(17)16-13(10)8-11;8-5-6-1-3-7(4-2-6)9(10)11;1-7-4-2-6-3-5-7;;/h1-10,12H,11,13H2;2-7,13H,8-12H2,1H3;1-6,8H,7H2,(H,16,17);1-4H,5H2;6H,2-5H2,1H3;2*1H4. The highest BCUT2D eigenvalue weighted by molar-refractivity contribution is 8.13. The average Bonchev–Trinajstić information content (AvgIpc) is 2.10. The number of hydrogen-bond acceptors (Lipinski definition) is 12. The van der Waals surface area contributed by atoms with E-state index in [1.54, 1.807) is 36.0 Å². The molecular formula is C68H71Cl4N9O4S2. The number of aliphatic imine (C=N–C) groups is 2. The van der Waals surface area contributed by atoms with Crippen molar-refractivity contribution in [1.82, 2.24) is 20.0 Å². The van der Waals surface area contributed by atoms with Crippen LogP contribution in [0.3, 0.4) is 0 Å². The van der Waals surface area contributed by atoms with Gasteiger partial charge in [-0.15, -0.1) is 23.4 Å². The van der Waals surface area contributed by atoms with Gasteiger partial charge in [0.25, 0.3) is 11.4 Å². The second-order valence-electron chi connectivity index (χ2n) is 20.8. The number of piperazine rings is 2. The van der Waals surface area contributed by atoms with Crippen LogP contribution in [-0.2, 0) is 30.9 Å². The molecule has 0 saturated carbocycles. The maximum Gasteiger partial charge on any atom is 0.269 e. The van der Waals surface area contributed by atoms with Crippen molar-refractivity contribution < 1.29 is 9.85 Å². The highest BCUT2D eigenvalue weighted by Crippen LogP contribution is 2.36. The number of thioether (sulfide) groups is 1. The quantitative estimate of drug-likeness (QED) is 0.0735. The summed E-state index contributed by atoms with van der Waals surface area (Å²) in [4.78, 5) is 37.9. The van der Waals surface area contributed by atoms with Crippen LogP contribution < -0.4 is 10.6 Å². The number of nitrogens with one attached hydrogen (secondary N) is 2. The first kappa shape index (κ1) is 67.5. The normalized spacial score (nSPS) is 14.5. The lowest BCUT2D eigenvalue weighted by atomic mass is 9.99. The number of thiocarbonyl (C=S) groups is 1. The third-order valence-corrected chi connectivity index (χ3v) is 17.1. The second kappa shape index (κ2) is 32.8. The van der Waals surface area contributed by atoms with Crippen molar-refractivity contribution in [2.24, 2.45) is 9.98 Å². The van der Waals surface area contributed by atoms with Crippen LogP contribution in [0.2, 0.25) is 15.1 Å². The van der Waals surface area contributed by atoms with Crippen molar-refractivity contribution in [2.75, 3.05) is 71.8 Å². The number of anilines is 1. The van der Waals surface area contributed by atoms with E-state index < -0.39 is 4.92 Å². The Morgan fingerprint density at radius 1 is 0.529 bits per heavy atom. The minimum absolute atomic E-state index is 0. The molecule has 8 aromatic carbocycles. The maximum atomic E-state index is 10.8. The van der Waals surface area contributed by atoms with E-state index in [1.165, 1.54) is 70.7 Å². The monoisotopic (exact) mass is 1280 g/mol. The summed E-state index contributed by atoms with van der Waals surface area (Å²) in [5.74, 6) is 2.14. The molecule has 2 N–H and O–H groups in total. The van der Waals surface area contributed by atoms with Gasteiger partial charge in [0.2, 0.25) is 0 Å². The Morgan fingerprint density at radius 3 is 1.61 bits per heavy atom. The smallest absolute Gasteiger partial charge is 0.269 e. The van der Waals surface area contributed by atoms with Crippen molar-refractivity contribution in [3.8, 4) is 0 Å². The summed E-state index contributed by atoms with van der Waals surface area (Å²) in [6.45, 7) is 8.88. The van der Waals surface area contributed by atoms with E-state index in [9.17, 15) is 20.2 Å². The minimum Gasteiger partial charge on any atom is -0.354 e. The molecule has 5 heterocycles. The fraction of sp³-hybridized carbons (Fsp3) is 0.250. The maximum absolute atomic E-state index is 10.8. The number of hydrogen-bond donors (Lipinski definition) is 2. The first-order chi connectivity index (χ1) is 41.2. The molecule has 0 spiro atoms. The first-order valence-electron chi connectivity index (χ1n) is 27.7. The molecule has 2 saturated heterocycles. The molecule has 0 aromatic heterocycles. The van der Waals surface area contributed by atoms with Crippen LogP contribution in [0.1, 0.15) is 76.1 Å². The molecule has 19 heteroatoms. The number of non-ortho nitro benzene ring substituents is 2. The molecule has 13 rings (SSSR count). The Bertz CT molecular complexity index is 3730. The number of alkyl halides is 1. The van der Waals surface area contributed by atoms with Crippen LogP contribution in [0.4, 0.5) is 28.4 Å². The minimum atomic E-state index is -0.433. The number of nitro benzene ring substituents is 2. The lowest BCUT2D eigenvalue weighted by Crippen LogP contribution is -2.47. The van der Waals surface area contributed by atoms with E-state index >= 15 is 0 Å². The number of halogens is 4. The van der Waals surface area contributed by atoms with Gasteiger partial charge < -0.3 is 25.3 Å². The number of fused-ring (bicyclic) bond motifs is 6. The molecular weight excluding hydrogens is 1210 g/mol. The summed E-state index contributed by atoms with van der Waals surface area (Å²) in [7, 11) is 4.33. The molecule has 0 bridgehead atoms. The number of rotatable bonds is 5. The van der Waals surface area contributed by atoms with Crippen LogP contribution in [0.25, 0.3) is 0 Å². The number of nitro groups is 2. The SMILES string of the molecule is C.C.CN1CCN(C2=Nc3ccccc3Cc3ccc(Cl)cc32)CC1.CN1CCNCC1.O=[N+]([O-])c1ccc(CCl)cc1.O=[N+]([O-])c1ccc(CSC2=Nc3cc(Cl)ccc3Cc3ccccc32)cc1.S=C1Nc2cc(Cl)ccc2Cc2ccccc21. The molecule has 13 nitrogen and oxygen atoms in total. The number of nitrogens with zero attached hydrogens (tertiary/aromatic N) is 7. The number of para-hydroxylation sites is 1. The number of amidine groups is 1. The highest BCUT2D eigenvalue weighted by atomic mass is 35.5. The largest absolute Gasteiger partial charge is 0.354 e. The molecule has 5 aliphatic rings. The molecule has 0 unspecified atom stereocenters. The van der Waals surface area contributed by atoms with Gasteiger partial charge in [-0.1, -0.05) is 171 Å². The van der Waals surface area contributed by atoms with Crippen molar-refractivity contribution in [2.45, 2.75) is 45.7 Å². The van der Waals surface area contributed by atoms with Gasteiger partial charge in [-0.05, 0) is 101 Å². The Balaban J connectivity index is 0.000000164. The van der Waals surface area contributed by atoms with Crippen molar-refractivity contribution in [1.29, 1.82) is 0 Å². The van der Waals surface area contributed by atoms with Crippen LogP contribution in [-0.4, -0.2) is 107 Å². The van der Waals surface area contributed by atoms with Gasteiger partial charge in [-0.25, -0.2) is 9.98 Å². The summed E-state index contributed by atoms with van der Waals surface area (Å²) < 4.78 is 0. The summed E-state index contributed by atoms with van der Waals surface area (Å²) >= 11 is 31.0. The third-order valence-electron chi connectivity index (χ3n) is 14.7. The van der Waals surface area contributed by atoms with Gasteiger partial charge in [0, 0.05) is 145 Å². The van der Waals surface area contributed by atoms with Crippen LogP contribution in [0.15, 0.2) is 186 Å². The summed E-state index contributed by atoms with van der Waals surface area (Å²) in [6.07, 6.45) is 2.60. The zero-order chi connectivity index (χ0) is 59.8. The third kappa shape index (κ3) is 18.8. The molecule has 0 atom stereocenters. The average molecular weight is 1280 g/mol. The zero-order valence-corrected chi connectivity index (χ0v) is 51.7. The molecule has 0 radical (unpaired) electrons. The fourth-order valence-corrected chi connectivity index (χ4v) is 11.9. The zero-order valence-electron chi connectivity index (χ0n) is 47.0. The molecule has 5 aliphatic heterocycles. The summed E-state index contributed by atoms with van der Waals surface area (Å²) in [5.41, 5.74) is 15.9. The van der Waals surface area contributed by atoms with E-state index in [0.29, 0.717) is 16.7 Å². The fourth-order valence-electron chi connectivity index (χ4n) is 9.94. The van der Waals surface area contributed by atoms with E-state index in [1.807, 2.05) is 60.7 Å². The van der Waals surface area contributed by atoms with Crippen molar-refractivity contribution in [3.63, 3.8) is 0 Å². The van der Waals surface area contributed by atoms with Gasteiger partial charge in [-0.2, -0.15) is 0 Å². The molecule has 8 aromatic rings. The molecule has 87 heavy (non-hydrogen) atoms. The van der Waals surface area contributed by atoms with Gasteiger partial charge in [0.1, 0.15) is 15.9 Å². The molecule has 2 fully saturated rings. The topological polar surface area (TPSA) is 145 Å². The first-order valence-corrected chi connectivity index (χ1v) is 30.8.